The summed E-state index contributed by atoms with van der Waals surface area (Å²) in [6, 6.07) is 23.0. The molecule has 3 aromatic rings. The number of nitro groups is 1. The number of rotatable bonds is 11. The third-order valence-corrected chi connectivity index (χ3v) is 7.19. The summed E-state index contributed by atoms with van der Waals surface area (Å²) in [6.07, 6.45) is 0.387. The number of hydrogen-bond donors (Lipinski definition) is 1. The van der Waals surface area contributed by atoms with Crippen molar-refractivity contribution in [2.45, 2.75) is 51.1 Å². The van der Waals surface area contributed by atoms with Crippen molar-refractivity contribution < 1.29 is 14.5 Å². The van der Waals surface area contributed by atoms with Crippen LogP contribution >= 0.6 is 27.7 Å². The van der Waals surface area contributed by atoms with Crippen molar-refractivity contribution in [3.63, 3.8) is 0 Å². The number of thioether (sulfide) groups is 1. The highest BCUT2D eigenvalue weighted by atomic mass is 79.9. The van der Waals surface area contributed by atoms with E-state index in [0.29, 0.717) is 18.7 Å². The van der Waals surface area contributed by atoms with Gasteiger partial charge in [-0.1, -0.05) is 70.5 Å². The number of nitro benzene ring substituents is 1. The molecule has 3 aromatic carbocycles. The topological polar surface area (TPSA) is 92.6 Å². The molecule has 9 heteroatoms. The van der Waals surface area contributed by atoms with Crippen LogP contribution in [0.5, 0.6) is 0 Å². The van der Waals surface area contributed by atoms with Gasteiger partial charge in [0.2, 0.25) is 11.8 Å². The lowest BCUT2D eigenvalue weighted by Gasteiger charge is -2.34. The summed E-state index contributed by atoms with van der Waals surface area (Å²) < 4.78 is 0.934. The maximum Gasteiger partial charge on any atom is 0.269 e. The molecule has 2 amide bonds. The quantitative estimate of drug-likeness (QED) is 0.211. The summed E-state index contributed by atoms with van der Waals surface area (Å²) in [4.78, 5) is 39.4. The zero-order chi connectivity index (χ0) is 27.7. The molecule has 7 nitrogen and oxygen atoms in total. The fourth-order valence-electron chi connectivity index (χ4n) is 3.85. The molecule has 3 rings (SSSR count). The van der Waals surface area contributed by atoms with Gasteiger partial charge >= 0.3 is 0 Å². The van der Waals surface area contributed by atoms with E-state index >= 15 is 0 Å². The zero-order valence-corrected chi connectivity index (χ0v) is 24.1. The van der Waals surface area contributed by atoms with Crippen LogP contribution in [-0.2, 0) is 28.3 Å². The van der Waals surface area contributed by atoms with Gasteiger partial charge in [-0.05, 0) is 49.6 Å². The average molecular weight is 599 g/mol. The Kier molecular flexibility index (Phi) is 10.5. The van der Waals surface area contributed by atoms with E-state index in [1.54, 1.807) is 17.0 Å². The average Bonchev–Trinajstić information content (AvgIpc) is 2.87. The lowest BCUT2D eigenvalue weighted by molar-refractivity contribution is -0.384. The smallest absolute Gasteiger partial charge is 0.269 e. The summed E-state index contributed by atoms with van der Waals surface area (Å²) in [5, 5.41) is 14.0. The molecule has 0 aromatic heterocycles. The zero-order valence-electron chi connectivity index (χ0n) is 21.7. The lowest BCUT2D eigenvalue weighted by Crippen LogP contribution is -2.54. The molecule has 1 N–H and O–H groups in total. The Labute approximate surface area is 236 Å². The highest BCUT2D eigenvalue weighted by Gasteiger charge is 2.32. The summed E-state index contributed by atoms with van der Waals surface area (Å²) in [5.74, 6) is 0.339. The first-order valence-corrected chi connectivity index (χ1v) is 14.2. The molecule has 200 valence electrons. The minimum absolute atomic E-state index is 0.0316. The standard InChI is InChI=1S/C29H32BrN3O4S/c1-29(2,3)31-28(35)26(17-21-7-5-4-6-8-21)32(18-22-9-13-24(30)14-10-22)27(34)20-38-19-23-11-15-25(16-12-23)33(36)37/h4-16,26H,17-20H2,1-3H3,(H,31,35)/t26-/m1/s1. The van der Waals surface area contributed by atoms with Crippen molar-refractivity contribution in [2.24, 2.45) is 0 Å². The minimum atomic E-state index is -0.701. The van der Waals surface area contributed by atoms with E-state index in [0.717, 1.165) is 21.2 Å². The van der Waals surface area contributed by atoms with Crippen LogP contribution in [0.4, 0.5) is 5.69 Å². The second-order valence-electron chi connectivity index (χ2n) is 10.0. The van der Waals surface area contributed by atoms with Gasteiger partial charge in [0.1, 0.15) is 6.04 Å². The summed E-state index contributed by atoms with van der Waals surface area (Å²) in [5.41, 5.74) is 2.35. The van der Waals surface area contributed by atoms with Crippen molar-refractivity contribution >= 4 is 45.2 Å². The van der Waals surface area contributed by atoms with Gasteiger partial charge in [0.25, 0.3) is 5.69 Å². The summed E-state index contributed by atoms with van der Waals surface area (Å²) in [6.45, 7) is 6.06. The Morgan fingerprint density at radius 3 is 2.13 bits per heavy atom. The number of carbonyl (C=O) groups excluding carboxylic acids is 2. The highest BCUT2D eigenvalue weighted by molar-refractivity contribution is 9.10. The molecular weight excluding hydrogens is 566 g/mol. The molecule has 0 saturated carbocycles. The molecule has 0 radical (unpaired) electrons. The number of halogens is 1. The molecule has 0 fully saturated rings. The predicted octanol–water partition coefficient (Wildman–Crippen LogP) is 6.15. The first kappa shape index (κ1) is 29.4. The number of nitrogens with one attached hydrogen (secondary N) is 1. The van der Waals surface area contributed by atoms with Gasteiger partial charge in [0, 0.05) is 40.9 Å². The molecule has 0 bridgehead atoms. The van der Waals surface area contributed by atoms with Gasteiger partial charge in [-0.2, -0.15) is 0 Å². The Balaban J connectivity index is 1.83. The monoisotopic (exact) mass is 597 g/mol. The molecule has 38 heavy (non-hydrogen) atoms. The van der Waals surface area contributed by atoms with Gasteiger partial charge in [-0.15, -0.1) is 11.8 Å². The van der Waals surface area contributed by atoms with Crippen LogP contribution in [0.2, 0.25) is 0 Å². The molecule has 0 spiro atoms. The van der Waals surface area contributed by atoms with Crippen molar-refractivity contribution in [1.29, 1.82) is 0 Å². The van der Waals surface area contributed by atoms with Crippen molar-refractivity contribution in [3.8, 4) is 0 Å². The van der Waals surface area contributed by atoms with Crippen molar-refractivity contribution in [2.75, 3.05) is 5.75 Å². The molecule has 0 aliphatic heterocycles. The van der Waals surface area contributed by atoms with E-state index in [1.807, 2.05) is 75.4 Å². The van der Waals surface area contributed by atoms with Crippen LogP contribution in [0.3, 0.4) is 0 Å². The Hall–Kier alpha value is -3.17. The number of amides is 2. The van der Waals surface area contributed by atoms with E-state index in [1.165, 1.54) is 23.9 Å². The normalized spacial score (nSPS) is 12.0. The third-order valence-electron chi connectivity index (χ3n) is 5.68. The molecule has 0 saturated heterocycles. The van der Waals surface area contributed by atoms with Crippen LogP contribution in [-0.4, -0.2) is 39.0 Å². The SMILES string of the molecule is CC(C)(C)NC(=O)[C@@H](Cc1ccccc1)N(Cc1ccc(Br)cc1)C(=O)CSCc1ccc([N+](=O)[O-])cc1. The van der Waals surface area contributed by atoms with Crippen LogP contribution in [0.25, 0.3) is 0 Å². The van der Waals surface area contributed by atoms with E-state index in [9.17, 15) is 19.7 Å². The molecule has 0 aliphatic rings. The van der Waals surface area contributed by atoms with Crippen molar-refractivity contribution in [3.05, 3.63) is 110 Å². The third kappa shape index (κ3) is 9.29. The fourth-order valence-corrected chi connectivity index (χ4v) is 4.98. The van der Waals surface area contributed by atoms with Crippen LogP contribution in [0.1, 0.15) is 37.5 Å². The Morgan fingerprint density at radius 2 is 1.55 bits per heavy atom. The van der Waals surface area contributed by atoms with E-state index in [4.69, 9.17) is 0 Å². The summed E-state index contributed by atoms with van der Waals surface area (Å²) >= 11 is 4.87. The van der Waals surface area contributed by atoms with Crippen molar-refractivity contribution in [1.82, 2.24) is 10.2 Å². The van der Waals surface area contributed by atoms with Gasteiger partial charge in [-0.3, -0.25) is 19.7 Å². The molecule has 0 heterocycles. The van der Waals surface area contributed by atoms with Gasteiger partial charge in [0.15, 0.2) is 0 Å². The number of carbonyl (C=O) groups is 2. The maximum atomic E-state index is 13.7. The Morgan fingerprint density at radius 1 is 0.947 bits per heavy atom. The van der Waals surface area contributed by atoms with Gasteiger partial charge < -0.3 is 10.2 Å². The first-order chi connectivity index (χ1) is 18.0. The number of nitrogens with zero attached hydrogens (tertiary/aromatic N) is 2. The van der Waals surface area contributed by atoms with Crippen LogP contribution in [0.15, 0.2) is 83.3 Å². The van der Waals surface area contributed by atoms with E-state index < -0.39 is 16.5 Å². The van der Waals surface area contributed by atoms with E-state index in [2.05, 4.69) is 21.2 Å². The number of hydrogen-bond acceptors (Lipinski definition) is 5. The predicted molar refractivity (Wildman–Crippen MR) is 156 cm³/mol. The maximum absolute atomic E-state index is 13.7. The molecule has 1 atom stereocenters. The highest BCUT2D eigenvalue weighted by Crippen LogP contribution is 2.21. The second-order valence-corrected chi connectivity index (χ2v) is 11.9. The fraction of sp³-hybridized carbons (Fsp3) is 0.310. The van der Waals surface area contributed by atoms with Crippen LogP contribution in [0, 0.1) is 10.1 Å². The molecule has 0 unspecified atom stereocenters. The van der Waals surface area contributed by atoms with Gasteiger partial charge in [-0.25, -0.2) is 0 Å². The lowest BCUT2D eigenvalue weighted by atomic mass is 10.0. The largest absolute Gasteiger partial charge is 0.350 e. The van der Waals surface area contributed by atoms with Gasteiger partial charge in [0.05, 0.1) is 10.7 Å². The Bertz CT molecular complexity index is 1230. The molecular formula is C29H32BrN3O4S. The minimum Gasteiger partial charge on any atom is -0.350 e. The first-order valence-electron chi connectivity index (χ1n) is 12.2. The van der Waals surface area contributed by atoms with Crippen LogP contribution < -0.4 is 5.32 Å². The second kappa shape index (κ2) is 13.6. The van der Waals surface area contributed by atoms with E-state index in [-0.39, 0.29) is 23.3 Å². The molecule has 0 aliphatic carbocycles. The summed E-state index contributed by atoms with van der Waals surface area (Å²) in [7, 11) is 0. The number of benzene rings is 3. The number of non-ortho nitro benzene ring substituents is 1.